The molecule has 2 aromatic carbocycles. The minimum atomic E-state index is -2.66. The number of fused-ring (bicyclic) bond motifs is 1. The third kappa shape index (κ3) is 4.61. The molecule has 168 valence electrons. The van der Waals surface area contributed by atoms with E-state index in [-0.39, 0.29) is 23.6 Å². The first-order valence-electron chi connectivity index (χ1n) is 10.0. The van der Waals surface area contributed by atoms with Crippen LogP contribution < -0.4 is 10.2 Å². The summed E-state index contributed by atoms with van der Waals surface area (Å²) in [5.74, 6) is 0.479. The molecule has 4 rings (SSSR count). The van der Waals surface area contributed by atoms with E-state index in [1.54, 1.807) is 22.7 Å². The van der Waals surface area contributed by atoms with E-state index in [0.29, 0.717) is 36.8 Å². The quantitative estimate of drug-likeness (QED) is 0.578. The van der Waals surface area contributed by atoms with Gasteiger partial charge in [-0.3, -0.25) is 14.9 Å². The van der Waals surface area contributed by atoms with E-state index in [1.807, 2.05) is 23.0 Å². The number of thioether (sulfide) groups is 1. The lowest BCUT2D eigenvalue weighted by molar-refractivity contribution is -0.125. The van der Waals surface area contributed by atoms with Crippen LogP contribution in [0.1, 0.15) is 22.3 Å². The van der Waals surface area contributed by atoms with Crippen molar-refractivity contribution in [3.05, 3.63) is 53.6 Å². The number of hydrogen-bond acceptors (Lipinski definition) is 5. The number of amides is 2. The molecule has 1 aromatic heterocycles. The highest BCUT2D eigenvalue weighted by molar-refractivity contribution is 7.98. The van der Waals surface area contributed by atoms with Crippen LogP contribution in [-0.4, -0.2) is 53.1 Å². The second-order valence-corrected chi connectivity index (χ2v) is 8.22. The largest absolute Gasteiger partial charge is 0.370 e. The van der Waals surface area contributed by atoms with Gasteiger partial charge < -0.3 is 14.2 Å². The van der Waals surface area contributed by atoms with Gasteiger partial charge in [0.2, 0.25) is 5.95 Å². The minimum Gasteiger partial charge on any atom is -0.370 e. The maximum atomic E-state index is 13.0. The molecule has 1 saturated heterocycles. The molecular weight excluding hydrogens is 438 g/mol. The Morgan fingerprint density at radius 2 is 2.12 bits per heavy atom. The van der Waals surface area contributed by atoms with E-state index in [1.165, 1.54) is 24.3 Å². The number of rotatable bonds is 7. The SMILES string of the molecule is CSCCn1c(NC(=O)c2cccc(C(F)F)c2)nc2cc(N3CCOCC3=O)ccc21. The first-order chi connectivity index (χ1) is 15.5. The van der Waals surface area contributed by atoms with E-state index in [4.69, 9.17) is 4.74 Å². The van der Waals surface area contributed by atoms with E-state index in [2.05, 4.69) is 10.3 Å². The summed E-state index contributed by atoms with van der Waals surface area (Å²) in [7, 11) is 0. The fourth-order valence-electron chi connectivity index (χ4n) is 3.57. The Bertz CT molecular complexity index is 1150. The molecule has 0 bridgehead atoms. The molecule has 3 aromatic rings. The summed E-state index contributed by atoms with van der Waals surface area (Å²) in [4.78, 5) is 31.2. The summed E-state index contributed by atoms with van der Waals surface area (Å²) in [5, 5.41) is 2.76. The minimum absolute atomic E-state index is 0.0409. The zero-order chi connectivity index (χ0) is 22.7. The average molecular weight is 461 g/mol. The molecule has 0 atom stereocenters. The molecule has 0 spiro atoms. The van der Waals surface area contributed by atoms with Crippen LogP contribution in [0.5, 0.6) is 0 Å². The summed E-state index contributed by atoms with van der Waals surface area (Å²) >= 11 is 1.65. The number of morpholine rings is 1. The molecular formula is C22H22F2N4O3S. The molecule has 7 nitrogen and oxygen atoms in total. The van der Waals surface area contributed by atoms with Crippen molar-refractivity contribution in [2.45, 2.75) is 13.0 Å². The Hall–Kier alpha value is -2.98. The molecule has 0 unspecified atom stereocenters. The van der Waals surface area contributed by atoms with Crippen molar-refractivity contribution in [1.82, 2.24) is 9.55 Å². The van der Waals surface area contributed by atoms with Gasteiger partial charge >= 0.3 is 0 Å². The summed E-state index contributed by atoms with van der Waals surface area (Å²) in [6.45, 7) is 1.56. The Labute approximate surface area is 187 Å². The topological polar surface area (TPSA) is 76.5 Å². The van der Waals surface area contributed by atoms with Gasteiger partial charge in [0.25, 0.3) is 18.2 Å². The van der Waals surface area contributed by atoms with E-state index in [9.17, 15) is 18.4 Å². The van der Waals surface area contributed by atoms with Crippen molar-refractivity contribution in [3.63, 3.8) is 0 Å². The summed E-state index contributed by atoms with van der Waals surface area (Å²) < 4.78 is 33.1. The highest BCUT2D eigenvalue weighted by Gasteiger charge is 2.22. The van der Waals surface area contributed by atoms with Crippen LogP contribution in [0.2, 0.25) is 0 Å². The fraction of sp³-hybridized carbons (Fsp3) is 0.318. The van der Waals surface area contributed by atoms with Gasteiger partial charge in [0, 0.05) is 35.7 Å². The molecule has 1 aliphatic heterocycles. The predicted molar refractivity (Wildman–Crippen MR) is 121 cm³/mol. The van der Waals surface area contributed by atoms with Gasteiger partial charge in [-0.25, -0.2) is 13.8 Å². The number of aromatic nitrogens is 2. The Kier molecular flexibility index (Phi) is 6.71. The van der Waals surface area contributed by atoms with Gasteiger partial charge in [0.1, 0.15) is 6.61 Å². The van der Waals surface area contributed by atoms with Crippen LogP contribution in [0.4, 0.5) is 20.4 Å². The first-order valence-corrected chi connectivity index (χ1v) is 11.4. The number of anilines is 2. The summed E-state index contributed by atoms with van der Waals surface area (Å²) in [6, 6.07) is 10.9. The number of benzene rings is 2. The van der Waals surface area contributed by atoms with Gasteiger partial charge in [0.05, 0.1) is 17.6 Å². The number of carbonyl (C=O) groups excluding carboxylic acids is 2. The van der Waals surface area contributed by atoms with E-state index >= 15 is 0 Å². The molecule has 0 saturated carbocycles. The van der Waals surface area contributed by atoms with Gasteiger partial charge in [-0.1, -0.05) is 12.1 Å². The van der Waals surface area contributed by atoms with Crippen molar-refractivity contribution < 1.29 is 23.1 Å². The van der Waals surface area contributed by atoms with Crippen LogP contribution in [0, 0.1) is 0 Å². The highest BCUT2D eigenvalue weighted by atomic mass is 32.2. The average Bonchev–Trinajstić information content (AvgIpc) is 3.14. The van der Waals surface area contributed by atoms with Crippen molar-refractivity contribution in [2.75, 3.05) is 42.0 Å². The zero-order valence-electron chi connectivity index (χ0n) is 17.4. The molecule has 2 heterocycles. The van der Waals surface area contributed by atoms with Gasteiger partial charge in [-0.2, -0.15) is 11.8 Å². The lowest BCUT2D eigenvalue weighted by Crippen LogP contribution is -2.41. The van der Waals surface area contributed by atoms with Gasteiger partial charge in [-0.05, 0) is 36.6 Å². The number of alkyl halides is 2. The molecule has 1 fully saturated rings. The summed E-state index contributed by atoms with van der Waals surface area (Å²) in [6.07, 6.45) is -0.676. The lowest BCUT2D eigenvalue weighted by Gasteiger charge is -2.26. The second kappa shape index (κ2) is 9.66. The van der Waals surface area contributed by atoms with Gasteiger partial charge in [-0.15, -0.1) is 0 Å². The van der Waals surface area contributed by atoms with Crippen LogP contribution in [0.15, 0.2) is 42.5 Å². The zero-order valence-corrected chi connectivity index (χ0v) is 18.2. The predicted octanol–water partition coefficient (Wildman–Crippen LogP) is 3.95. The van der Waals surface area contributed by atoms with Crippen molar-refractivity contribution >= 4 is 46.2 Å². The van der Waals surface area contributed by atoms with Crippen molar-refractivity contribution in [2.24, 2.45) is 0 Å². The number of hydrogen-bond donors (Lipinski definition) is 1. The summed E-state index contributed by atoms with van der Waals surface area (Å²) in [5.41, 5.74) is 2.06. The lowest BCUT2D eigenvalue weighted by atomic mass is 10.1. The first kappa shape index (κ1) is 22.2. The van der Waals surface area contributed by atoms with Crippen LogP contribution in [0.25, 0.3) is 11.0 Å². The van der Waals surface area contributed by atoms with Crippen LogP contribution in [-0.2, 0) is 16.1 Å². The highest BCUT2D eigenvalue weighted by Crippen LogP contribution is 2.27. The third-order valence-electron chi connectivity index (χ3n) is 5.17. The monoisotopic (exact) mass is 460 g/mol. The Morgan fingerprint density at radius 1 is 1.28 bits per heavy atom. The fourth-order valence-corrected chi connectivity index (χ4v) is 3.94. The Balaban J connectivity index is 1.67. The number of carbonyl (C=O) groups is 2. The number of ether oxygens (including phenoxy) is 1. The third-order valence-corrected chi connectivity index (χ3v) is 5.77. The number of nitrogens with zero attached hydrogens (tertiary/aromatic N) is 3. The number of aryl methyl sites for hydroxylation is 1. The molecule has 32 heavy (non-hydrogen) atoms. The standard InChI is InChI=1S/C22H22F2N4O3S/c1-32-10-8-28-18-6-5-16(27-7-9-31-13-19(27)29)12-17(18)25-22(28)26-21(30)15-4-2-3-14(11-15)20(23)24/h2-6,11-12,20H,7-10,13H2,1H3,(H,25,26,30). The maximum absolute atomic E-state index is 13.0. The molecule has 0 aliphatic carbocycles. The number of halogens is 2. The number of nitrogens with one attached hydrogen (secondary N) is 1. The maximum Gasteiger partial charge on any atom is 0.263 e. The van der Waals surface area contributed by atoms with Crippen molar-refractivity contribution in [3.8, 4) is 0 Å². The smallest absolute Gasteiger partial charge is 0.263 e. The molecule has 0 radical (unpaired) electrons. The van der Waals surface area contributed by atoms with Crippen LogP contribution in [0.3, 0.4) is 0 Å². The second-order valence-electron chi connectivity index (χ2n) is 7.23. The Morgan fingerprint density at radius 3 is 2.88 bits per heavy atom. The van der Waals surface area contributed by atoms with Crippen molar-refractivity contribution in [1.29, 1.82) is 0 Å². The molecule has 10 heteroatoms. The van der Waals surface area contributed by atoms with Crippen LogP contribution >= 0.6 is 11.8 Å². The van der Waals surface area contributed by atoms with E-state index < -0.39 is 12.3 Å². The molecule has 2 amide bonds. The van der Waals surface area contributed by atoms with Gasteiger partial charge in [0.15, 0.2) is 0 Å². The van der Waals surface area contributed by atoms with E-state index in [0.717, 1.165) is 11.3 Å². The molecule has 1 N–H and O–H groups in total. The normalized spacial score (nSPS) is 14.4. The molecule has 1 aliphatic rings. The number of imidazole rings is 1.